The van der Waals surface area contributed by atoms with E-state index in [4.69, 9.17) is 4.74 Å². The number of nitrogens with one attached hydrogen (secondary N) is 2. The summed E-state index contributed by atoms with van der Waals surface area (Å²) in [6, 6.07) is 9.89. The van der Waals surface area contributed by atoms with Gasteiger partial charge >= 0.3 is 18.1 Å². The minimum atomic E-state index is -4.56. The van der Waals surface area contributed by atoms with E-state index in [1.165, 1.54) is 37.4 Å². The molecule has 0 saturated heterocycles. The van der Waals surface area contributed by atoms with Crippen LogP contribution in [-0.4, -0.2) is 37.5 Å². The van der Waals surface area contributed by atoms with Gasteiger partial charge in [0.05, 0.1) is 24.7 Å². The molecule has 0 atom stereocenters. The maximum Gasteiger partial charge on any atom is 0.416 e. The molecule has 0 radical (unpaired) electrons. The Morgan fingerprint density at radius 1 is 0.875 bits per heavy atom. The van der Waals surface area contributed by atoms with Crippen LogP contribution < -0.4 is 10.6 Å². The maximum atomic E-state index is 12.7. The summed E-state index contributed by atoms with van der Waals surface area (Å²) in [4.78, 5) is 46.7. The van der Waals surface area contributed by atoms with E-state index >= 15 is 0 Å². The Morgan fingerprint density at radius 3 is 2.16 bits per heavy atom. The van der Waals surface area contributed by atoms with Gasteiger partial charge < -0.3 is 20.1 Å². The van der Waals surface area contributed by atoms with E-state index in [9.17, 15) is 32.3 Å². The van der Waals surface area contributed by atoms with Crippen LogP contribution in [0.2, 0.25) is 0 Å². The lowest BCUT2D eigenvalue weighted by Crippen LogP contribution is -2.22. The molecule has 0 aliphatic rings. The molecule has 32 heavy (non-hydrogen) atoms. The predicted molar refractivity (Wildman–Crippen MR) is 107 cm³/mol. The van der Waals surface area contributed by atoms with Crippen molar-refractivity contribution in [2.75, 3.05) is 24.4 Å². The van der Waals surface area contributed by atoms with Crippen LogP contribution in [0.15, 0.2) is 48.5 Å². The molecule has 8 nitrogen and oxygen atoms in total. The number of esters is 2. The van der Waals surface area contributed by atoms with Crippen molar-refractivity contribution >= 4 is 35.1 Å². The summed E-state index contributed by atoms with van der Waals surface area (Å²) in [5, 5.41) is 4.72. The summed E-state index contributed by atoms with van der Waals surface area (Å²) in [6.45, 7) is -0.717. The van der Waals surface area contributed by atoms with Crippen molar-refractivity contribution in [1.82, 2.24) is 0 Å². The minimum absolute atomic E-state index is 0.0986. The molecule has 2 amide bonds. The van der Waals surface area contributed by atoms with Crippen LogP contribution in [0.25, 0.3) is 0 Å². The van der Waals surface area contributed by atoms with Gasteiger partial charge in [-0.2, -0.15) is 13.2 Å². The van der Waals surface area contributed by atoms with E-state index in [2.05, 4.69) is 15.4 Å². The number of benzene rings is 2. The second-order valence-electron chi connectivity index (χ2n) is 6.40. The van der Waals surface area contributed by atoms with E-state index in [0.717, 1.165) is 18.2 Å². The number of hydrogen-bond donors (Lipinski definition) is 2. The summed E-state index contributed by atoms with van der Waals surface area (Å²) in [7, 11) is 1.24. The van der Waals surface area contributed by atoms with Gasteiger partial charge in [0.2, 0.25) is 5.91 Å². The van der Waals surface area contributed by atoms with Gasteiger partial charge in [-0.1, -0.05) is 6.07 Å². The molecule has 2 rings (SSSR count). The summed E-state index contributed by atoms with van der Waals surface area (Å²) in [5.41, 5.74) is -0.328. The third kappa shape index (κ3) is 7.74. The molecule has 0 heterocycles. The van der Waals surface area contributed by atoms with Gasteiger partial charge in [0.25, 0.3) is 5.91 Å². The monoisotopic (exact) mass is 452 g/mol. The summed E-state index contributed by atoms with van der Waals surface area (Å²) in [6.07, 6.45) is -5.10. The molecule has 0 saturated carbocycles. The van der Waals surface area contributed by atoms with Crippen LogP contribution in [0.1, 0.15) is 28.8 Å². The van der Waals surface area contributed by atoms with Crippen LogP contribution in [0, 0.1) is 0 Å². The average molecular weight is 452 g/mol. The first kappa shape index (κ1) is 24.4. The lowest BCUT2D eigenvalue weighted by molar-refractivity contribution is -0.147. The number of methoxy groups -OCH3 is 1. The van der Waals surface area contributed by atoms with Crippen molar-refractivity contribution in [2.24, 2.45) is 0 Å². The van der Waals surface area contributed by atoms with Gasteiger partial charge in [0.15, 0.2) is 6.61 Å². The SMILES string of the molecule is COC(=O)c1ccc(NC(=O)CCC(=O)OCC(=O)Nc2cccc(C(F)(F)F)c2)cc1. The Labute approximate surface area is 180 Å². The lowest BCUT2D eigenvalue weighted by Gasteiger charge is -2.10. The van der Waals surface area contributed by atoms with E-state index in [1.807, 2.05) is 0 Å². The number of carbonyl (C=O) groups excluding carboxylic acids is 4. The molecule has 0 aromatic heterocycles. The van der Waals surface area contributed by atoms with Gasteiger partial charge in [-0.25, -0.2) is 4.79 Å². The first-order valence-corrected chi connectivity index (χ1v) is 9.19. The Balaban J connectivity index is 1.73. The van der Waals surface area contributed by atoms with Crippen molar-refractivity contribution in [3.8, 4) is 0 Å². The molecule has 2 N–H and O–H groups in total. The fraction of sp³-hybridized carbons (Fsp3) is 0.238. The molecule has 170 valence electrons. The highest BCUT2D eigenvalue weighted by Crippen LogP contribution is 2.30. The van der Waals surface area contributed by atoms with Crippen LogP contribution in [-0.2, 0) is 30.0 Å². The number of alkyl halides is 3. The Kier molecular flexibility index (Phi) is 8.33. The van der Waals surface area contributed by atoms with Gasteiger partial charge in [-0.15, -0.1) is 0 Å². The zero-order valence-corrected chi connectivity index (χ0v) is 16.8. The fourth-order valence-electron chi connectivity index (χ4n) is 2.44. The van der Waals surface area contributed by atoms with Crippen LogP contribution in [0.3, 0.4) is 0 Å². The first-order valence-electron chi connectivity index (χ1n) is 9.19. The van der Waals surface area contributed by atoms with Gasteiger partial charge in [-0.05, 0) is 42.5 Å². The Bertz CT molecular complexity index is 990. The molecule has 0 fully saturated rings. The molecule has 11 heteroatoms. The summed E-state index contributed by atoms with van der Waals surface area (Å²) < 4.78 is 47.3. The first-order chi connectivity index (χ1) is 15.1. The second-order valence-corrected chi connectivity index (χ2v) is 6.40. The lowest BCUT2D eigenvalue weighted by atomic mass is 10.2. The zero-order chi connectivity index (χ0) is 23.7. The van der Waals surface area contributed by atoms with Gasteiger partial charge in [0, 0.05) is 17.8 Å². The molecule has 0 unspecified atom stereocenters. The minimum Gasteiger partial charge on any atom is -0.465 e. The normalized spacial score (nSPS) is 10.8. The van der Waals surface area contributed by atoms with E-state index in [0.29, 0.717) is 11.3 Å². The highest BCUT2D eigenvalue weighted by Gasteiger charge is 2.30. The number of anilines is 2. The highest BCUT2D eigenvalue weighted by molar-refractivity contribution is 5.95. The topological polar surface area (TPSA) is 111 Å². The maximum absolute atomic E-state index is 12.7. The molecule has 0 bridgehead atoms. The Morgan fingerprint density at radius 2 is 1.53 bits per heavy atom. The summed E-state index contributed by atoms with van der Waals surface area (Å²) in [5.74, 6) is -2.68. The number of ether oxygens (including phenoxy) is 2. The van der Waals surface area contributed by atoms with Crippen LogP contribution in [0.4, 0.5) is 24.5 Å². The molecule has 0 aliphatic carbocycles. The van der Waals surface area contributed by atoms with E-state index in [1.54, 1.807) is 0 Å². The smallest absolute Gasteiger partial charge is 0.416 e. The van der Waals surface area contributed by atoms with E-state index < -0.39 is 42.1 Å². The van der Waals surface area contributed by atoms with Crippen molar-refractivity contribution in [3.05, 3.63) is 59.7 Å². The van der Waals surface area contributed by atoms with Crippen molar-refractivity contribution in [3.63, 3.8) is 0 Å². The Hall–Kier alpha value is -3.89. The van der Waals surface area contributed by atoms with Crippen molar-refractivity contribution in [2.45, 2.75) is 19.0 Å². The number of halogens is 3. The van der Waals surface area contributed by atoms with Crippen molar-refractivity contribution < 1.29 is 41.8 Å². The molecule has 0 spiro atoms. The van der Waals surface area contributed by atoms with E-state index in [-0.39, 0.29) is 18.5 Å². The van der Waals surface area contributed by atoms with Crippen LogP contribution in [0.5, 0.6) is 0 Å². The standard InChI is InChI=1S/C21H19F3N2O6/c1-31-20(30)13-5-7-15(8-6-13)25-17(27)9-10-19(29)32-12-18(28)26-16-4-2-3-14(11-16)21(22,23)24/h2-8,11H,9-10,12H2,1H3,(H,25,27)(H,26,28). The third-order valence-corrected chi connectivity index (χ3v) is 3.98. The quantitative estimate of drug-likeness (QED) is 0.594. The average Bonchev–Trinajstić information content (AvgIpc) is 2.76. The van der Waals surface area contributed by atoms with Gasteiger partial charge in [-0.3, -0.25) is 14.4 Å². The third-order valence-electron chi connectivity index (χ3n) is 3.98. The molecule has 0 aliphatic heterocycles. The largest absolute Gasteiger partial charge is 0.465 e. The molecular formula is C21H19F3N2O6. The predicted octanol–water partition coefficient (Wildman–Crippen LogP) is 3.39. The van der Waals surface area contributed by atoms with Crippen LogP contribution >= 0.6 is 0 Å². The second kappa shape index (κ2) is 10.9. The van der Waals surface area contributed by atoms with Gasteiger partial charge in [0.1, 0.15) is 0 Å². The number of carbonyl (C=O) groups is 4. The summed E-state index contributed by atoms with van der Waals surface area (Å²) >= 11 is 0. The fourth-order valence-corrected chi connectivity index (χ4v) is 2.44. The number of amides is 2. The zero-order valence-electron chi connectivity index (χ0n) is 16.8. The highest BCUT2D eigenvalue weighted by atomic mass is 19.4. The molecule has 2 aromatic carbocycles. The molecular weight excluding hydrogens is 433 g/mol. The number of hydrogen-bond acceptors (Lipinski definition) is 6. The number of rotatable bonds is 8. The molecule has 2 aromatic rings. The van der Waals surface area contributed by atoms with Crippen molar-refractivity contribution in [1.29, 1.82) is 0 Å².